The van der Waals surface area contributed by atoms with Crippen LogP contribution in [-0.2, 0) is 23.9 Å². The predicted molar refractivity (Wildman–Crippen MR) is 52.2 cm³/mol. The van der Waals surface area contributed by atoms with E-state index < -0.39 is 23.9 Å². The van der Waals surface area contributed by atoms with Gasteiger partial charge in [0.2, 0.25) is 5.91 Å². The monoisotopic (exact) mass is 227 g/mol. The summed E-state index contributed by atoms with van der Waals surface area (Å²) in [7, 11) is 0. The molecular formula is C10H13NO5. The first-order chi connectivity index (χ1) is 7.63. The highest BCUT2D eigenvalue weighted by Gasteiger charge is 2.33. The van der Waals surface area contributed by atoms with Crippen molar-refractivity contribution >= 4 is 24.1 Å². The van der Waals surface area contributed by atoms with Crippen LogP contribution >= 0.6 is 0 Å². The van der Waals surface area contributed by atoms with Gasteiger partial charge in [-0.05, 0) is 12.8 Å². The number of amides is 2. The molecule has 6 nitrogen and oxygen atoms in total. The zero-order valence-corrected chi connectivity index (χ0v) is 8.73. The van der Waals surface area contributed by atoms with E-state index in [1.807, 2.05) is 5.32 Å². The summed E-state index contributed by atoms with van der Waals surface area (Å²) < 4.78 is 4.81. The molecular weight excluding hydrogens is 214 g/mol. The molecule has 1 unspecified atom stereocenters. The highest BCUT2D eigenvalue weighted by molar-refractivity contribution is 6.05. The van der Waals surface area contributed by atoms with E-state index in [-0.39, 0.29) is 12.8 Å². The summed E-state index contributed by atoms with van der Waals surface area (Å²) in [6.45, 7) is 0. The van der Waals surface area contributed by atoms with Gasteiger partial charge in [-0.1, -0.05) is 0 Å². The van der Waals surface area contributed by atoms with E-state index in [4.69, 9.17) is 4.74 Å². The first-order valence-electron chi connectivity index (χ1n) is 5.10. The number of esters is 1. The molecule has 1 aliphatic heterocycles. The van der Waals surface area contributed by atoms with E-state index in [9.17, 15) is 19.2 Å². The Hall–Kier alpha value is -1.72. The fourth-order valence-corrected chi connectivity index (χ4v) is 1.34. The van der Waals surface area contributed by atoms with Crippen molar-refractivity contribution in [2.24, 2.45) is 0 Å². The second-order valence-corrected chi connectivity index (χ2v) is 3.51. The van der Waals surface area contributed by atoms with Gasteiger partial charge in [0.05, 0.1) is 6.42 Å². The molecule has 16 heavy (non-hydrogen) atoms. The van der Waals surface area contributed by atoms with Crippen molar-refractivity contribution < 1.29 is 23.9 Å². The summed E-state index contributed by atoms with van der Waals surface area (Å²) in [4.78, 5) is 43.0. The van der Waals surface area contributed by atoms with Crippen LogP contribution in [0, 0.1) is 0 Å². The molecule has 1 fully saturated rings. The normalized spacial score (nSPS) is 19.4. The molecule has 0 bridgehead atoms. The van der Waals surface area contributed by atoms with Gasteiger partial charge in [0.25, 0.3) is 5.91 Å². The molecule has 6 heteroatoms. The average molecular weight is 227 g/mol. The number of ether oxygens (including phenoxy) is 1. The Balaban J connectivity index is 2.21. The van der Waals surface area contributed by atoms with Gasteiger partial charge in [0.15, 0.2) is 6.10 Å². The Bertz CT molecular complexity index is 312. The standard InChI is InChI=1S/C10H13NO5/c12-5-3-1-2-4-9(14)16-7-6-8(13)11-10(7)15/h5,7H,1-4,6H2,(H,11,13,15). The number of carbonyl (C=O) groups excluding carboxylic acids is 4. The van der Waals surface area contributed by atoms with E-state index in [1.165, 1.54) is 0 Å². The highest BCUT2D eigenvalue weighted by Crippen LogP contribution is 2.09. The molecule has 1 N–H and O–H groups in total. The van der Waals surface area contributed by atoms with Crippen LogP contribution in [0.1, 0.15) is 32.1 Å². The largest absolute Gasteiger partial charge is 0.452 e. The number of hydrogen-bond donors (Lipinski definition) is 1. The maximum Gasteiger partial charge on any atom is 0.306 e. The summed E-state index contributed by atoms with van der Waals surface area (Å²) in [5.41, 5.74) is 0. The number of hydrogen-bond acceptors (Lipinski definition) is 5. The topological polar surface area (TPSA) is 89.5 Å². The second-order valence-electron chi connectivity index (χ2n) is 3.51. The molecule has 0 aliphatic carbocycles. The van der Waals surface area contributed by atoms with Gasteiger partial charge in [0, 0.05) is 12.8 Å². The fourth-order valence-electron chi connectivity index (χ4n) is 1.34. The zero-order valence-electron chi connectivity index (χ0n) is 8.73. The molecule has 0 spiro atoms. The third-order valence-corrected chi connectivity index (χ3v) is 2.15. The maximum absolute atomic E-state index is 11.2. The van der Waals surface area contributed by atoms with Gasteiger partial charge in [0.1, 0.15) is 6.29 Å². The van der Waals surface area contributed by atoms with E-state index in [1.54, 1.807) is 0 Å². The summed E-state index contributed by atoms with van der Waals surface area (Å²) in [6.07, 6.45) is 1.44. The Labute approximate surface area is 92.3 Å². The van der Waals surface area contributed by atoms with Crippen LogP contribution in [0.25, 0.3) is 0 Å². The SMILES string of the molecule is O=CCCCCC(=O)OC1CC(=O)NC1=O. The van der Waals surface area contributed by atoms with E-state index in [0.29, 0.717) is 19.3 Å². The Kier molecular flexibility index (Phi) is 4.63. The lowest BCUT2D eigenvalue weighted by Crippen LogP contribution is -2.28. The van der Waals surface area contributed by atoms with Crippen LogP contribution in [0.5, 0.6) is 0 Å². The second kappa shape index (κ2) is 5.99. The van der Waals surface area contributed by atoms with Gasteiger partial charge >= 0.3 is 5.97 Å². The Morgan fingerprint density at radius 3 is 2.75 bits per heavy atom. The van der Waals surface area contributed by atoms with Crippen LogP contribution in [0.4, 0.5) is 0 Å². The van der Waals surface area contributed by atoms with Gasteiger partial charge in [-0.15, -0.1) is 0 Å². The minimum atomic E-state index is -0.980. The number of rotatable bonds is 6. The molecule has 1 heterocycles. The molecule has 1 atom stereocenters. The van der Waals surface area contributed by atoms with Crippen LogP contribution < -0.4 is 5.32 Å². The minimum absolute atomic E-state index is 0.0983. The van der Waals surface area contributed by atoms with Gasteiger partial charge in [-0.2, -0.15) is 0 Å². The van der Waals surface area contributed by atoms with Gasteiger partial charge < -0.3 is 9.53 Å². The number of unbranched alkanes of at least 4 members (excludes halogenated alkanes) is 2. The molecule has 0 saturated carbocycles. The summed E-state index contributed by atoms with van der Waals surface area (Å²) >= 11 is 0. The molecule has 1 rings (SSSR count). The van der Waals surface area contributed by atoms with Crippen molar-refractivity contribution in [3.8, 4) is 0 Å². The maximum atomic E-state index is 11.2. The van der Waals surface area contributed by atoms with Crippen LogP contribution in [-0.4, -0.2) is 30.2 Å². The molecule has 0 radical (unpaired) electrons. The molecule has 1 saturated heterocycles. The van der Waals surface area contributed by atoms with Crippen molar-refractivity contribution in [1.82, 2.24) is 5.32 Å². The van der Waals surface area contributed by atoms with Crippen molar-refractivity contribution in [3.05, 3.63) is 0 Å². The fraction of sp³-hybridized carbons (Fsp3) is 0.600. The van der Waals surface area contributed by atoms with Crippen LogP contribution in [0.15, 0.2) is 0 Å². The number of imide groups is 1. The quantitative estimate of drug-likeness (QED) is 0.291. The van der Waals surface area contributed by atoms with Crippen molar-refractivity contribution in [2.45, 2.75) is 38.2 Å². The summed E-state index contributed by atoms with van der Waals surface area (Å²) in [5.74, 6) is -1.50. The molecule has 0 aromatic rings. The molecule has 88 valence electrons. The summed E-state index contributed by atoms with van der Waals surface area (Å²) in [6, 6.07) is 0. The molecule has 2 amide bonds. The lowest BCUT2D eigenvalue weighted by Gasteiger charge is -2.07. The van der Waals surface area contributed by atoms with Gasteiger partial charge in [-0.3, -0.25) is 19.7 Å². The lowest BCUT2D eigenvalue weighted by molar-refractivity contribution is -0.154. The average Bonchev–Trinajstić information content (AvgIpc) is 2.52. The molecule has 0 aromatic carbocycles. The zero-order chi connectivity index (χ0) is 12.0. The van der Waals surface area contributed by atoms with Crippen LogP contribution in [0.2, 0.25) is 0 Å². The first-order valence-corrected chi connectivity index (χ1v) is 5.10. The number of carbonyl (C=O) groups is 4. The van der Waals surface area contributed by atoms with Crippen molar-refractivity contribution in [2.75, 3.05) is 0 Å². The van der Waals surface area contributed by atoms with Crippen molar-refractivity contribution in [3.63, 3.8) is 0 Å². The van der Waals surface area contributed by atoms with Crippen LogP contribution in [0.3, 0.4) is 0 Å². The van der Waals surface area contributed by atoms with Gasteiger partial charge in [-0.25, -0.2) is 0 Å². The Morgan fingerprint density at radius 2 is 2.19 bits per heavy atom. The third kappa shape index (κ3) is 3.80. The van der Waals surface area contributed by atoms with E-state index in [2.05, 4.69) is 0 Å². The summed E-state index contributed by atoms with van der Waals surface area (Å²) in [5, 5.41) is 2.05. The minimum Gasteiger partial charge on any atom is -0.452 e. The Morgan fingerprint density at radius 1 is 1.44 bits per heavy atom. The highest BCUT2D eigenvalue weighted by atomic mass is 16.5. The third-order valence-electron chi connectivity index (χ3n) is 2.15. The van der Waals surface area contributed by atoms with Crippen molar-refractivity contribution in [1.29, 1.82) is 0 Å². The number of nitrogens with one attached hydrogen (secondary N) is 1. The lowest BCUT2D eigenvalue weighted by atomic mass is 10.2. The molecule has 0 aromatic heterocycles. The smallest absolute Gasteiger partial charge is 0.306 e. The van der Waals surface area contributed by atoms with E-state index >= 15 is 0 Å². The molecule has 1 aliphatic rings. The number of aldehydes is 1. The predicted octanol–water partition coefficient (Wildman–Crippen LogP) is -0.296. The van der Waals surface area contributed by atoms with E-state index in [0.717, 1.165) is 6.29 Å². The first kappa shape index (κ1) is 12.4.